The number of fused-ring (bicyclic) bond motifs is 6. The highest BCUT2D eigenvalue weighted by Gasteiger charge is 2.35. The van der Waals surface area contributed by atoms with E-state index in [1.54, 1.807) is 0 Å². The van der Waals surface area contributed by atoms with Gasteiger partial charge >= 0.3 is 0 Å². The third-order valence-corrected chi connectivity index (χ3v) is 9.56. The van der Waals surface area contributed by atoms with E-state index >= 15 is 0 Å². The van der Waals surface area contributed by atoms with Crippen LogP contribution in [0.2, 0.25) is 0 Å². The van der Waals surface area contributed by atoms with Crippen molar-refractivity contribution in [1.29, 1.82) is 0 Å². The molecule has 0 aliphatic heterocycles. The van der Waals surface area contributed by atoms with E-state index in [1.165, 1.54) is 60.2 Å². The summed E-state index contributed by atoms with van der Waals surface area (Å²) in [5.41, 5.74) is 10.1. The van der Waals surface area contributed by atoms with Crippen LogP contribution in [0.3, 0.4) is 0 Å². The third kappa shape index (κ3) is 4.08. The molecule has 0 atom stereocenters. The average Bonchev–Trinajstić information content (AvgIpc) is 3.46. The molecule has 1 aliphatic rings. The first-order chi connectivity index (χ1) is 19.5. The lowest BCUT2D eigenvalue weighted by molar-refractivity contribution is 0.660. The normalized spacial score (nSPS) is 13.4. The number of anilines is 4. The Kier molecular flexibility index (Phi) is 6.13. The summed E-state index contributed by atoms with van der Waals surface area (Å²) in [7, 11) is 0. The molecule has 5 aromatic carbocycles. The molecule has 198 valence electrons. The minimum absolute atomic E-state index is 0.0509. The van der Waals surface area contributed by atoms with E-state index in [0.717, 1.165) is 24.3 Å². The van der Waals surface area contributed by atoms with Crippen molar-refractivity contribution in [3.8, 4) is 11.1 Å². The molecule has 1 N–H and O–H groups in total. The minimum atomic E-state index is -0.0509. The predicted octanol–water partition coefficient (Wildman–Crippen LogP) is 11.0. The Morgan fingerprint density at radius 1 is 0.650 bits per heavy atom. The second kappa shape index (κ2) is 9.83. The maximum absolute atomic E-state index is 3.64. The first-order valence-corrected chi connectivity index (χ1v) is 15.2. The number of unbranched alkanes of at least 4 members (excludes halogenated alkanes) is 1. The monoisotopic (exact) mass is 538 g/mol. The second-order valence-corrected chi connectivity index (χ2v) is 12.4. The summed E-state index contributed by atoms with van der Waals surface area (Å²) in [6.07, 6.45) is 2.34. The maximum atomic E-state index is 3.64. The number of hydrogen-bond donors (Lipinski definition) is 1. The van der Waals surface area contributed by atoms with Gasteiger partial charge in [-0.1, -0.05) is 81.8 Å². The van der Waals surface area contributed by atoms with Gasteiger partial charge in [0.15, 0.2) is 0 Å². The minimum Gasteiger partial charge on any atom is -0.385 e. The molecule has 0 saturated carbocycles. The zero-order valence-corrected chi connectivity index (χ0v) is 24.2. The standard InChI is InChI=1S/C37H34N2S/c1-4-5-21-38-25-11-10-12-26(22-25)39(27-18-20-36-32(23-27)31-14-7-9-16-35(31)40-36)28-17-19-30-29-13-6-8-15-33(29)37(2,3)34(30)24-28/h6-20,22-24,38H,4-5,21H2,1-3H3. The van der Waals surface area contributed by atoms with Gasteiger partial charge in [-0.05, 0) is 83.3 Å². The van der Waals surface area contributed by atoms with Gasteiger partial charge in [0.2, 0.25) is 0 Å². The SMILES string of the molecule is CCCCNc1cccc(N(c2ccc3c(c2)C(C)(C)c2ccccc2-3)c2ccc3sc4ccccc4c3c2)c1. The Morgan fingerprint density at radius 2 is 1.38 bits per heavy atom. The largest absolute Gasteiger partial charge is 0.385 e. The van der Waals surface area contributed by atoms with Crippen LogP contribution in [0.25, 0.3) is 31.3 Å². The van der Waals surface area contributed by atoms with Gasteiger partial charge in [-0.25, -0.2) is 0 Å². The van der Waals surface area contributed by atoms with Crippen LogP contribution < -0.4 is 10.2 Å². The fraction of sp³-hybridized carbons (Fsp3) is 0.189. The van der Waals surface area contributed by atoms with Crippen LogP contribution >= 0.6 is 11.3 Å². The zero-order chi connectivity index (χ0) is 27.3. The van der Waals surface area contributed by atoms with E-state index in [2.05, 4.69) is 140 Å². The quantitative estimate of drug-likeness (QED) is 0.203. The Balaban J connectivity index is 1.40. The molecule has 1 aromatic heterocycles. The van der Waals surface area contributed by atoms with Gasteiger partial charge < -0.3 is 10.2 Å². The van der Waals surface area contributed by atoms with Gasteiger partial charge in [-0.3, -0.25) is 0 Å². The highest BCUT2D eigenvalue weighted by molar-refractivity contribution is 7.25. The van der Waals surface area contributed by atoms with Crippen molar-refractivity contribution < 1.29 is 0 Å². The zero-order valence-electron chi connectivity index (χ0n) is 23.4. The number of benzene rings is 5. The van der Waals surface area contributed by atoms with E-state index in [-0.39, 0.29) is 5.41 Å². The molecule has 6 aromatic rings. The first-order valence-electron chi connectivity index (χ1n) is 14.3. The fourth-order valence-electron chi connectivity index (χ4n) is 6.30. The molecule has 2 nitrogen and oxygen atoms in total. The van der Waals surface area contributed by atoms with Crippen molar-refractivity contribution in [2.24, 2.45) is 0 Å². The molecule has 0 unspecified atom stereocenters. The van der Waals surface area contributed by atoms with Crippen molar-refractivity contribution in [3.05, 3.63) is 120 Å². The second-order valence-electron chi connectivity index (χ2n) is 11.3. The lowest BCUT2D eigenvalue weighted by Crippen LogP contribution is -2.16. The molecule has 0 radical (unpaired) electrons. The smallest absolute Gasteiger partial charge is 0.0482 e. The Labute approximate surface area is 240 Å². The van der Waals surface area contributed by atoms with Crippen LogP contribution in [0.1, 0.15) is 44.7 Å². The maximum Gasteiger partial charge on any atom is 0.0482 e. The van der Waals surface area contributed by atoms with E-state index in [4.69, 9.17) is 0 Å². The van der Waals surface area contributed by atoms with Crippen LogP contribution in [0.5, 0.6) is 0 Å². The average molecular weight is 539 g/mol. The molecule has 0 bridgehead atoms. The van der Waals surface area contributed by atoms with Crippen LogP contribution in [0, 0.1) is 0 Å². The van der Waals surface area contributed by atoms with Crippen molar-refractivity contribution in [1.82, 2.24) is 0 Å². The summed E-state index contributed by atoms with van der Waals surface area (Å²) >= 11 is 1.87. The summed E-state index contributed by atoms with van der Waals surface area (Å²) in [6, 6.07) is 40.5. The number of thiophene rings is 1. The van der Waals surface area contributed by atoms with Gasteiger partial charge in [0.25, 0.3) is 0 Å². The molecule has 40 heavy (non-hydrogen) atoms. The van der Waals surface area contributed by atoms with Gasteiger partial charge in [0, 0.05) is 54.9 Å². The van der Waals surface area contributed by atoms with Crippen molar-refractivity contribution in [2.45, 2.75) is 39.0 Å². The molecule has 1 heterocycles. The van der Waals surface area contributed by atoms with E-state index < -0.39 is 0 Å². The van der Waals surface area contributed by atoms with Crippen LogP contribution in [-0.4, -0.2) is 6.54 Å². The molecule has 0 amide bonds. The number of nitrogens with zero attached hydrogens (tertiary/aromatic N) is 1. The summed E-state index contributed by atoms with van der Waals surface area (Å²) < 4.78 is 2.66. The molecule has 7 rings (SSSR count). The highest BCUT2D eigenvalue weighted by atomic mass is 32.1. The summed E-state index contributed by atoms with van der Waals surface area (Å²) in [6.45, 7) is 7.93. The Bertz CT molecular complexity index is 1860. The Morgan fingerprint density at radius 3 is 2.27 bits per heavy atom. The lowest BCUT2D eigenvalue weighted by atomic mass is 9.82. The van der Waals surface area contributed by atoms with Crippen molar-refractivity contribution in [2.75, 3.05) is 16.8 Å². The topological polar surface area (TPSA) is 15.3 Å². The number of rotatable bonds is 7. The number of hydrogen-bond acceptors (Lipinski definition) is 3. The molecular formula is C37H34N2S. The molecular weight excluding hydrogens is 504 g/mol. The molecule has 0 spiro atoms. The van der Waals surface area contributed by atoms with E-state index in [9.17, 15) is 0 Å². The van der Waals surface area contributed by atoms with Crippen LogP contribution in [0.4, 0.5) is 22.7 Å². The van der Waals surface area contributed by atoms with Crippen molar-refractivity contribution in [3.63, 3.8) is 0 Å². The summed E-state index contributed by atoms with van der Waals surface area (Å²) in [4.78, 5) is 2.43. The predicted molar refractivity (Wildman–Crippen MR) is 175 cm³/mol. The third-order valence-electron chi connectivity index (χ3n) is 8.41. The van der Waals surface area contributed by atoms with E-state index in [0.29, 0.717) is 0 Å². The van der Waals surface area contributed by atoms with E-state index in [1.807, 2.05) is 11.3 Å². The lowest BCUT2D eigenvalue weighted by Gasteiger charge is -2.28. The molecule has 3 heteroatoms. The summed E-state index contributed by atoms with van der Waals surface area (Å²) in [5, 5.41) is 6.27. The Hall–Kier alpha value is -4.08. The van der Waals surface area contributed by atoms with Gasteiger partial charge in [0.05, 0.1) is 0 Å². The fourth-order valence-corrected chi connectivity index (χ4v) is 7.38. The van der Waals surface area contributed by atoms with Gasteiger partial charge in [-0.15, -0.1) is 11.3 Å². The van der Waals surface area contributed by atoms with Crippen LogP contribution in [0.15, 0.2) is 109 Å². The molecule has 0 saturated heterocycles. The van der Waals surface area contributed by atoms with Crippen LogP contribution in [-0.2, 0) is 5.41 Å². The molecule has 1 aliphatic carbocycles. The highest BCUT2D eigenvalue weighted by Crippen LogP contribution is 2.51. The van der Waals surface area contributed by atoms with Crippen molar-refractivity contribution >= 4 is 54.3 Å². The number of nitrogens with one attached hydrogen (secondary N) is 1. The first kappa shape index (κ1) is 24.9. The van der Waals surface area contributed by atoms with Gasteiger partial charge in [-0.2, -0.15) is 0 Å². The molecule has 0 fully saturated rings. The van der Waals surface area contributed by atoms with Gasteiger partial charge in [0.1, 0.15) is 0 Å². The summed E-state index contributed by atoms with van der Waals surface area (Å²) in [5.74, 6) is 0.